The number of rotatable bonds is 9. The fraction of sp³-hybridized carbons (Fsp3) is 0.714. The molecule has 0 aliphatic heterocycles. The van der Waals surface area contributed by atoms with Crippen LogP contribution in [0.4, 0.5) is 0 Å². The first-order valence-electron chi connectivity index (χ1n) is 6.33. The second-order valence-corrected chi connectivity index (χ2v) is 4.23. The predicted octanol–water partition coefficient (Wildman–Crippen LogP) is 4.83. The quantitative estimate of drug-likeness (QED) is 0.287. The Morgan fingerprint density at radius 2 is 1.47 bits per heavy atom. The summed E-state index contributed by atoms with van der Waals surface area (Å²) < 4.78 is 0. The molecule has 15 heavy (non-hydrogen) atoms. The van der Waals surface area contributed by atoms with E-state index < -0.39 is 0 Å². The molecule has 0 N–H and O–H groups in total. The van der Waals surface area contributed by atoms with Gasteiger partial charge in [-0.05, 0) is 38.5 Å². The van der Waals surface area contributed by atoms with E-state index in [1.807, 2.05) is 6.92 Å². The van der Waals surface area contributed by atoms with Gasteiger partial charge in [0, 0.05) is 0 Å². The molecular formula is C14H25B. The molecule has 0 nitrogen and oxygen atoms in total. The lowest BCUT2D eigenvalue weighted by Gasteiger charge is -1.97. The average molecular weight is 204 g/mol. The third kappa shape index (κ3) is 13.5. The zero-order valence-corrected chi connectivity index (χ0v) is 10.4. The number of hydrogen-bond donors (Lipinski definition) is 0. The summed E-state index contributed by atoms with van der Waals surface area (Å²) in [5.74, 6) is 0.304. The second kappa shape index (κ2) is 11.6. The molecule has 0 bridgehead atoms. The molecule has 1 atom stereocenters. The van der Waals surface area contributed by atoms with Gasteiger partial charge in [0.15, 0.2) is 0 Å². The molecule has 1 heteroatoms. The van der Waals surface area contributed by atoms with E-state index >= 15 is 0 Å². The monoisotopic (exact) mass is 204 g/mol. The Morgan fingerprint density at radius 3 is 2.00 bits per heavy atom. The third-order valence-corrected chi connectivity index (χ3v) is 2.29. The highest BCUT2D eigenvalue weighted by Gasteiger charge is 1.87. The Bertz CT molecular complexity index is 168. The van der Waals surface area contributed by atoms with Gasteiger partial charge in [0.1, 0.15) is 0 Å². The van der Waals surface area contributed by atoms with Crippen molar-refractivity contribution in [3.05, 3.63) is 24.3 Å². The molecule has 0 heterocycles. The zero-order valence-electron chi connectivity index (χ0n) is 10.4. The van der Waals surface area contributed by atoms with Gasteiger partial charge in [-0.1, -0.05) is 50.4 Å². The first-order valence-corrected chi connectivity index (χ1v) is 6.33. The van der Waals surface area contributed by atoms with E-state index in [1.54, 1.807) is 0 Å². The molecular weight excluding hydrogens is 179 g/mol. The lowest BCUT2D eigenvalue weighted by Crippen LogP contribution is -1.80. The zero-order chi connectivity index (χ0) is 11.4. The van der Waals surface area contributed by atoms with E-state index in [4.69, 9.17) is 7.85 Å². The standard InChI is InChI=1S/C14H25B/c1-3-4-5-6-7-8-9-10-11-12-13-14(2)15/h5-6,11-12,14H,3-4,7-10,13H2,1-2H3. The van der Waals surface area contributed by atoms with E-state index in [-0.39, 0.29) is 0 Å². The Morgan fingerprint density at radius 1 is 0.933 bits per heavy atom. The topological polar surface area (TPSA) is 0 Å². The van der Waals surface area contributed by atoms with Crippen LogP contribution in [-0.4, -0.2) is 7.85 Å². The van der Waals surface area contributed by atoms with E-state index in [2.05, 4.69) is 31.2 Å². The SMILES string of the molecule is [B]C(C)CC=CCCCCC=CCCC. The molecule has 0 fully saturated rings. The number of hydrogen-bond acceptors (Lipinski definition) is 0. The summed E-state index contributed by atoms with van der Waals surface area (Å²) in [7, 11) is 5.64. The van der Waals surface area contributed by atoms with Crippen molar-refractivity contribution < 1.29 is 0 Å². The molecule has 0 saturated carbocycles. The van der Waals surface area contributed by atoms with Gasteiger partial charge in [-0.2, -0.15) is 0 Å². The molecule has 0 rings (SSSR count). The van der Waals surface area contributed by atoms with Crippen LogP contribution in [0.1, 0.15) is 58.8 Å². The van der Waals surface area contributed by atoms with Crippen LogP contribution in [0, 0.1) is 0 Å². The number of unbranched alkanes of at least 4 members (excludes halogenated alkanes) is 4. The van der Waals surface area contributed by atoms with Crippen molar-refractivity contribution in [1.82, 2.24) is 0 Å². The molecule has 84 valence electrons. The summed E-state index contributed by atoms with van der Waals surface area (Å²) in [6.07, 6.45) is 17.6. The number of allylic oxidation sites excluding steroid dienone is 4. The predicted molar refractivity (Wildman–Crippen MR) is 71.5 cm³/mol. The molecule has 0 aliphatic rings. The largest absolute Gasteiger partial charge is 0.0890 e. The Balaban J connectivity index is 3.14. The highest BCUT2D eigenvalue weighted by molar-refractivity contribution is 6.11. The normalized spacial score (nSPS) is 14.0. The van der Waals surface area contributed by atoms with Crippen molar-refractivity contribution >= 4 is 7.85 Å². The molecule has 0 aliphatic carbocycles. The summed E-state index contributed by atoms with van der Waals surface area (Å²) in [4.78, 5) is 0. The van der Waals surface area contributed by atoms with Crippen LogP contribution in [0.3, 0.4) is 0 Å². The van der Waals surface area contributed by atoms with Gasteiger partial charge in [-0.15, -0.1) is 0 Å². The molecule has 0 aromatic heterocycles. The summed E-state index contributed by atoms with van der Waals surface area (Å²) >= 11 is 0. The summed E-state index contributed by atoms with van der Waals surface area (Å²) in [6, 6.07) is 0. The smallest absolute Gasteiger partial charge is 0.0699 e. The minimum absolute atomic E-state index is 0.304. The average Bonchev–Trinajstić information content (AvgIpc) is 2.20. The second-order valence-electron chi connectivity index (χ2n) is 4.23. The van der Waals surface area contributed by atoms with Crippen molar-refractivity contribution in [3.8, 4) is 0 Å². The minimum atomic E-state index is 0.304. The van der Waals surface area contributed by atoms with Gasteiger partial charge in [0.2, 0.25) is 0 Å². The maximum Gasteiger partial charge on any atom is 0.0699 e. The minimum Gasteiger partial charge on any atom is -0.0890 e. The van der Waals surface area contributed by atoms with E-state index in [0.29, 0.717) is 5.82 Å². The Hall–Kier alpha value is -0.455. The Labute approximate surface area is 97.3 Å². The van der Waals surface area contributed by atoms with Crippen molar-refractivity contribution in [1.29, 1.82) is 0 Å². The molecule has 2 radical (unpaired) electrons. The van der Waals surface area contributed by atoms with Gasteiger partial charge < -0.3 is 0 Å². The summed E-state index contributed by atoms with van der Waals surface area (Å²) in [5.41, 5.74) is 0. The van der Waals surface area contributed by atoms with Crippen molar-refractivity contribution in [2.75, 3.05) is 0 Å². The molecule has 0 spiro atoms. The van der Waals surface area contributed by atoms with Gasteiger partial charge >= 0.3 is 0 Å². The maximum atomic E-state index is 5.64. The fourth-order valence-corrected chi connectivity index (χ4v) is 1.36. The van der Waals surface area contributed by atoms with Gasteiger partial charge in [0.25, 0.3) is 0 Å². The van der Waals surface area contributed by atoms with Crippen LogP contribution >= 0.6 is 0 Å². The molecule has 0 amide bonds. The van der Waals surface area contributed by atoms with Crippen LogP contribution < -0.4 is 0 Å². The van der Waals surface area contributed by atoms with Gasteiger partial charge in [-0.3, -0.25) is 0 Å². The van der Waals surface area contributed by atoms with Crippen LogP contribution in [0.2, 0.25) is 5.82 Å². The molecule has 0 saturated heterocycles. The van der Waals surface area contributed by atoms with E-state index in [0.717, 1.165) is 6.42 Å². The van der Waals surface area contributed by atoms with Gasteiger partial charge in [-0.25, -0.2) is 0 Å². The maximum absolute atomic E-state index is 5.64. The molecule has 0 aromatic rings. The highest BCUT2D eigenvalue weighted by Crippen LogP contribution is 2.06. The molecule has 1 unspecified atom stereocenters. The van der Waals surface area contributed by atoms with Gasteiger partial charge in [0.05, 0.1) is 7.85 Å². The third-order valence-electron chi connectivity index (χ3n) is 2.29. The molecule has 0 aromatic carbocycles. The first kappa shape index (κ1) is 14.5. The van der Waals surface area contributed by atoms with Crippen molar-refractivity contribution in [3.63, 3.8) is 0 Å². The van der Waals surface area contributed by atoms with E-state index in [9.17, 15) is 0 Å². The van der Waals surface area contributed by atoms with Crippen molar-refractivity contribution in [2.24, 2.45) is 0 Å². The van der Waals surface area contributed by atoms with Crippen molar-refractivity contribution in [2.45, 2.75) is 64.6 Å². The van der Waals surface area contributed by atoms with Crippen LogP contribution in [0.15, 0.2) is 24.3 Å². The summed E-state index contributed by atoms with van der Waals surface area (Å²) in [6.45, 7) is 4.26. The Kier molecular flexibility index (Phi) is 11.3. The highest BCUT2D eigenvalue weighted by atomic mass is 13.9. The summed E-state index contributed by atoms with van der Waals surface area (Å²) in [5, 5.41) is 0. The van der Waals surface area contributed by atoms with Crippen LogP contribution in [-0.2, 0) is 0 Å². The van der Waals surface area contributed by atoms with Crippen LogP contribution in [0.5, 0.6) is 0 Å². The lowest BCUT2D eigenvalue weighted by molar-refractivity contribution is 0.757. The fourth-order valence-electron chi connectivity index (χ4n) is 1.36. The van der Waals surface area contributed by atoms with Crippen LogP contribution in [0.25, 0.3) is 0 Å². The lowest BCUT2D eigenvalue weighted by atomic mass is 9.86. The first-order chi connectivity index (χ1) is 7.27. The van der Waals surface area contributed by atoms with E-state index in [1.165, 1.54) is 38.5 Å².